The van der Waals surface area contributed by atoms with E-state index in [2.05, 4.69) is 24.5 Å². The molecule has 0 aromatic rings. The van der Waals surface area contributed by atoms with Crippen LogP contribution in [0.25, 0.3) is 0 Å². The van der Waals surface area contributed by atoms with Crippen molar-refractivity contribution in [3.8, 4) is 0 Å². The van der Waals surface area contributed by atoms with Gasteiger partial charge in [0, 0.05) is 6.04 Å². The Kier molecular flexibility index (Phi) is 5.79. The van der Waals surface area contributed by atoms with Gasteiger partial charge in [-0.2, -0.15) is 0 Å². The highest BCUT2D eigenvalue weighted by molar-refractivity contribution is 5.86. The van der Waals surface area contributed by atoms with Gasteiger partial charge in [-0.25, -0.2) is 9.59 Å². The zero-order chi connectivity index (χ0) is 15.3. The van der Waals surface area contributed by atoms with Gasteiger partial charge in [0.1, 0.15) is 6.04 Å². The van der Waals surface area contributed by atoms with Gasteiger partial charge in [-0.3, -0.25) is 4.79 Å². The summed E-state index contributed by atoms with van der Waals surface area (Å²) >= 11 is 0. The van der Waals surface area contributed by atoms with Crippen molar-refractivity contribution in [1.82, 2.24) is 10.6 Å². The van der Waals surface area contributed by atoms with E-state index < -0.39 is 30.4 Å². The van der Waals surface area contributed by atoms with E-state index >= 15 is 0 Å². The average Bonchev–Trinajstić information content (AvgIpc) is 2.33. The zero-order valence-corrected chi connectivity index (χ0v) is 11.8. The number of carboxylic acid groups (broad SMARTS) is 2. The van der Waals surface area contributed by atoms with Gasteiger partial charge in [0.25, 0.3) is 0 Å². The minimum atomic E-state index is -1.41. The molecule has 0 radical (unpaired) electrons. The van der Waals surface area contributed by atoms with E-state index in [1.54, 1.807) is 0 Å². The number of hydrogen-bond acceptors (Lipinski definition) is 3. The van der Waals surface area contributed by atoms with E-state index in [1.165, 1.54) is 0 Å². The molecule has 1 aliphatic carbocycles. The first-order chi connectivity index (χ1) is 9.31. The lowest BCUT2D eigenvalue weighted by atomic mass is 9.78. The standard InChI is InChI=1S/C13H22N2O5/c1-7-4-3-5-9(8(7)2)14-13(20)15-10(12(18)19)6-11(16)17/h7-10H,3-6H2,1-2H3,(H,16,17)(H,18,19)(H2,14,15,20)/t7?,8?,9?,10-/m1/s1. The van der Waals surface area contributed by atoms with E-state index in [1.807, 2.05) is 0 Å². The third-order valence-electron chi connectivity index (χ3n) is 4.01. The molecule has 0 bridgehead atoms. The summed E-state index contributed by atoms with van der Waals surface area (Å²) in [5.74, 6) is -1.80. The number of urea groups is 1. The van der Waals surface area contributed by atoms with Crippen molar-refractivity contribution in [1.29, 1.82) is 0 Å². The largest absolute Gasteiger partial charge is 0.481 e. The highest BCUT2D eigenvalue weighted by Gasteiger charge is 2.29. The maximum atomic E-state index is 11.8. The average molecular weight is 286 g/mol. The molecule has 0 spiro atoms. The Bertz CT molecular complexity index is 385. The lowest BCUT2D eigenvalue weighted by Gasteiger charge is -2.34. The van der Waals surface area contributed by atoms with Crippen molar-refractivity contribution in [2.75, 3.05) is 0 Å². The van der Waals surface area contributed by atoms with Gasteiger partial charge >= 0.3 is 18.0 Å². The molecular formula is C13H22N2O5. The molecule has 1 fully saturated rings. The molecule has 3 unspecified atom stereocenters. The van der Waals surface area contributed by atoms with E-state index in [-0.39, 0.29) is 6.04 Å². The summed E-state index contributed by atoms with van der Waals surface area (Å²) < 4.78 is 0. The van der Waals surface area contributed by atoms with Crippen molar-refractivity contribution in [2.45, 2.75) is 51.6 Å². The predicted octanol–water partition coefficient (Wildman–Crippen LogP) is 1.04. The smallest absolute Gasteiger partial charge is 0.326 e. The first-order valence-electron chi connectivity index (χ1n) is 6.83. The van der Waals surface area contributed by atoms with Crippen LogP contribution >= 0.6 is 0 Å². The van der Waals surface area contributed by atoms with Gasteiger partial charge < -0.3 is 20.8 Å². The van der Waals surface area contributed by atoms with Crippen molar-refractivity contribution < 1.29 is 24.6 Å². The van der Waals surface area contributed by atoms with Crippen LogP contribution in [0.1, 0.15) is 39.5 Å². The Balaban J connectivity index is 2.52. The Labute approximate surface area is 117 Å². The summed E-state index contributed by atoms with van der Waals surface area (Å²) in [5, 5.41) is 22.4. The van der Waals surface area contributed by atoms with Crippen LogP contribution in [0.15, 0.2) is 0 Å². The number of rotatable bonds is 5. The van der Waals surface area contributed by atoms with Crippen molar-refractivity contribution in [2.24, 2.45) is 11.8 Å². The van der Waals surface area contributed by atoms with Crippen molar-refractivity contribution >= 4 is 18.0 Å². The number of nitrogens with one attached hydrogen (secondary N) is 2. The summed E-state index contributed by atoms with van der Waals surface area (Å²) in [6.07, 6.45) is 2.36. The number of amides is 2. The summed E-state index contributed by atoms with van der Waals surface area (Å²) in [6, 6.07) is -2.04. The summed E-state index contributed by atoms with van der Waals surface area (Å²) in [7, 11) is 0. The van der Waals surface area contributed by atoms with Crippen LogP contribution in [-0.4, -0.2) is 40.3 Å². The van der Waals surface area contributed by atoms with Crippen LogP contribution < -0.4 is 10.6 Å². The van der Waals surface area contributed by atoms with Crippen LogP contribution in [0.3, 0.4) is 0 Å². The van der Waals surface area contributed by atoms with Gasteiger partial charge in [-0.1, -0.05) is 26.7 Å². The highest BCUT2D eigenvalue weighted by Crippen LogP contribution is 2.29. The molecule has 1 rings (SSSR count). The fourth-order valence-corrected chi connectivity index (χ4v) is 2.53. The number of carbonyl (C=O) groups excluding carboxylic acids is 1. The first-order valence-corrected chi connectivity index (χ1v) is 6.83. The number of aliphatic carboxylic acids is 2. The van der Waals surface area contributed by atoms with E-state index in [0.717, 1.165) is 19.3 Å². The molecule has 114 valence electrons. The highest BCUT2D eigenvalue weighted by atomic mass is 16.4. The molecule has 1 saturated carbocycles. The van der Waals surface area contributed by atoms with Gasteiger partial charge in [-0.15, -0.1) is 0 Å². The molecule has 0 saturated heterocycles. The number of carboxylic acids is 2. The Morgan fingerprint density at radius 1 is 1.20 bits per heavy atom. The predicted molar refractivity (Wildman–Crippen MR) is 71.3 cm³/mol. The van der Waals surface area contributed by atoms with Crippen LogP contribution in [0.5, 0.6) is 0 Å². The van der Waals surface area contributed by atoms with Gasteiger partial charge in [0.15, 0.2) is 0 Å². The van der Waals surface area contributed by atoms with Crippen LogP contribution in [0.4, 0.5) is 4.79 Å². The Hall–Kier alpha value is -1.79. The third kappa shape index (κ3) is 4.71. The van der Waals surface area contributed by atoms with Crippen molar-refractivity contribution in [3.63, 3.8) is 0 Å². The fourth-order valence-electron chi connectivity index (χ4n) is 2.53. The molecule has 20 heavy (non-hydrogen) atoms. The van der Waals surface area contributed by atoms with Crippen LogP contribution in [0.2, 0.25) is 0 Å². The maximum Gasteiger partial charge on any atom is 0.326 e. The summed E-state index contributed by atoms with van der Waals surface area (Å²) in [6.45, 7) is 4.18. The maximum absolute atomic E-state index is 11.8. The molecule has 7 nitrogen and oxygen atoms in total. The quantitative estimate of drug-likeness (QED) is 0.602. The minimum Gasteiger partial charge on any atom is -0.481 e. The second-order valence-corrected chi connectivity index (χ2v) is 5.48. The normalized spacial score (nSPS) is 27.4. The molecule has 0 aromatic carbocycles. The number of hydrogen-bond donors (Lipinski definition) is 4. The number of carbonyl (C=O) groups is 3. The molecule has 0 aliphatic heterocycles. The van der Waals surface area contributed by atoms with E-state index in [0.29, 0.717) is 11.8 Å². The van der Waals surface area contributed by atoms with E-state index in [9.17, 15) is 14.4 Å². The third-order valence-corrected chi connectivity index (χ3v) is 4.01. The Morgan fingerprint density at radius 3 is 2.40 bits per heavy atom. The molecule has 2 amide bonds. The summed E-state index contributed by atoms with van der Waals surface area (Å²) in [4.78, 5) is 33.2. The lowest BCUT2D eigenvalue weighted by molar-refractivity contribution is -0.145. The fraction of sp³-hybridized carbons (Fsp3) is 0.769. The minimum absolute atomic E-state index is 0.00183. The molecule has 1 aliphatic rings. The van der Waals surface area contributed by atoms with Crippen molar-refractivity contribution in [3.05, 3.63) is 0 Å². The molecule has 0 aromatic heterocycles. The molecule has 4 N–H and O–H groups in total. The van der Waals surface area contributed by atoms with Gasteiger partial charge in [-0.05, 0) is 18.3 Å². The topological polar surface area (TPSA) is 116 Å². The SMILES string of the molecule is CC1CCCC(NC(=O)N[C@H](CC(=O)O)C(=O)O)C1C. The van der Waals surface area contributed by atoms with Crippen LogP contribution in [-0.2, 0) is 9.59 Å². The monoisotopic (exact) mass is 286 g/mol. The lowest BCUT2D eigenvalue weighted by Crippen LogP contribution is -2.52. The second-order valence-electron chi connectivity index (χ2n) is 5.48. The molecule has 7 heteroatoms. The second kappa shape index (κ2) is 7.12. The summed E-state index contributed by atoms with van der Waals surface area (Å²) in [5.41, 5.74) is 0. The zero-order valence-electron chi connectivity index (χ0n) is 11.8. The molecular weight excluding hydrogens is 264 g/mol. The van der Waals surface area contributed by atoms with Gasteiger partial charge in [0.2, 0.25) is 0 Å². The van der Waals surface area contributed by atoms with E-state index in [4.69, 9.17) is 10.2 Å². The Morgan fingerprint density at radius 2 is 1.85 bits per heavy atom. The van der Waals surface area contributed by atoms with Gasteiger partial charge in [0.05, 0.1) is 6.42 Å². The van der Waals surface area contributed by atoms with Crippen LogP contribution in [0, 0.1) is 11.8 Å². The molecule has 4 atom stereocenters. The first kappa shape index (κ1) is 16.3. The molecule has 0 heterocycles.